The number of rotatable bonds is 3. The van der Waals surface area contributed by atoms with Gasteiger partial charge in [0, 0.05) is 12.6 Å². The van der Waals surface area contributed by atoms with E-state index in [1.54, 1.807) is 39.0 Å². The van der Waals surface area contributed by atoms with Crippen molar-refractivity contribution < 1.29 is 13.9 Å². The first-order chi connectivity index (χ1) is 8.38. The Balaban J connectivity index is 2.39. The van der Waals surface area contributed by atoms with E-state index in [4.69, 9.17) is 4.74 Å². The van der Waals surface area contributed by atoms with Crippen molar-refractivity contribution in [2.24, 2.45) is 5.10 Å². The average molecular weight is 252 g/mol. The molecule has 0 aliphatic carbocycles. The molecule has 1 amide bonds. The molecule has 1 rings (SSSR count). The average Bonchev–Trinajstić information content (AvgIpc) is 2.24. The second-order valence-corrected chi connectivity index (χ2v) is 4.72. The summed E-state index contributed by atoms with van der Waals surface area (Å²) in [5.74, 6) is -0.291. The lowest BCUT2D eigenvalue weighted by Crippen LogP contribution is -2.29. The Kier molecular flexibility index (Phi) is 4.83. The smallest absolute Gasteiger partial charge is 0.428 e. The Morgan fingerprint density at radius 2 is 2.11 bits per heavy atom. The quantitative estimate of drug-likeness (QED) is 0.664. The van der Waals surface area contributed by atoms with Gasteiger partial charge in [0.05, 0.1) is 0 Å². The van der Waals surface area contributed by atoms with E-state index in [-0.39, 0.29) is 5.82 Å². The molecule has 0 radical (unpaired) electrons. The number of hydrazone groups is 1. The lowest BCUT2D eigenvalue weighted by Gasteiger charge is -2.18. The van der Waals surface area contributed by atoms with Gasteiger partial charge in [0.2, 0.25) is 0 Å². The Morgan fingerprint density at radius 1 is 1.44 bits per heavy atom. The monoisotopic (exact) mass is 252 g/mol. The number of hydrogen-bond acceptors (Lipinski definition) is 3. The number of amides is 1. The van der Waals surface area contributed by atoms with Crippen LogP contribution in [-0.2, 0) is 11.2 Å². The molecule has 98 valence electrons. The molecule has 0 aliphatic heterocycles. The van der Waals surface area contributed by atoms with Crippen LogP contribution < -0.4 is 5.43 Å². The summed E-state index contributed by atoms with van der Waals surface area (Å²) in [4.78, 5) is 11.2. The van der Waals surface area contributed by atoms with Crippen molar-refractivity contribution in [3.8, 4) is 0 Å². The van der Waals surface area contributed by atoms with Crippen molar-refractivity contribution in [2.75, 3.05) is 0 Å². The van der Waals surface area contributed by atoms with Crippen molar-refractivity contribution in [3.63, 3.8) is 0 Å². The highest BCUT2D eigenvalue weighted by molar-refractivity contribution is 5.70. The first kappa shape index (κ1) is 14.2. The van der Waals surface area contributed by atoms with Gasteiger partial charge in [-0.05, 0) is 32.4 Å². The minimum atomic E-state index is -0.632. The Morgan fingerprint density at radius 3 is 2.72 bits per heavy atom. The molecule has 0 aliphatic rings. The number of halogens is 1. The third-order valence-electron chi connectivity index (χ3n) is 1.92. The fourth-order valence-corrected chi connectivity index (χ4v) is 1.21. The van der Waals surface area contributed by atoms with Crippen LogP contribution in [0.1, 0.15) is 26.3 Å². The van der Waals surface area contributed by atoms with Gasteiger partial charge >= 0.3 is 6.09 Å². The summed E-state index contributed by atoms with van der Waals surface area (Å²) in [6, 6.07) is 6.40. The third-order valence-corrected chi connectivity index (χ3v) is 1.92. The zero-order valence-corrected chi connectivity index (χ0v) is 10.7. The van der Waals surface area contributed by atoms with Gasteiger partial charge in [-0.15, -0.1) is 0 Å². The van der Waals surface area contributed by atoms with Crippen LogP contribution in [0.3, 0.4) is 0 Å². The number of carbonyl (C=O) groups excluding carboxylic acids is 1. The highest BCUT2D eigenvalue weighted by Crippen LogP contribution is 2.07. The van der Waals surface area contributed by atoms with Crippen LogP contribution in [0.2, 0.25) is 0 Å². The van der Waals surface area contributed by atoms with E-state index in [0.717, 1.165) is 0 Å². The van der Waals surface area contributed by atoms with E-state index in [0.29, 0.717) is 12.0 Å². The maximum absolute atomic E-state index is 13.2. The Labute approximate surface area is 106 Å². The van der Waals surface area contributed by atoms with Crippen molar-refractivity contribution in [3.05, 3.63) is 35.6 Å². The number of benzene rings is 1. The van der Waals surface area contributed by atoms with Gasteiger partial charge in [0.1, 0.15) is 11.4 Å². The molecular formula is C13H17FN2O2. The van der Waals surface area contributed by atoms with Gasteiger partial charge in [-0.1, -0.05) is 18.2 Å². The maximum Gasteiger partial charge on any atom is 0.428 e. The molecule has 1 aromatic carbocycles. The first-order valence-electron chi connectivity index (χ1n) is 5.62. The number of nitrogens with one attached hydrogen (secondary N) is 1. The van der Waals surface area contributed by atoms with Gasteiger partial charge in [0.25, 0.3) is 0 Å². The molecule has 5 heteroatoms. The molecule has 0 heterocycles. The van der Waals surface area contributed by atoms with E-state index in [1.165, 1.54) is 12.3 Å². The molecule has 0 fully saturated rings. The fraction of sp³-hybridized carbons (Fsp3) is 0.385. The first-order valence-corrected chi connectivity index (χ1v) is 5.62. The largest absolute Gasteiger partial charge is 0.443 e. The predicted octanol–water partition coefficient (Wildman–Crippen LogP) is 2.88. The van der Waals surface area contributed by atoms with Crippen LogP contribution in [0.15, 0.2) is 29.4 Å². The Hall–Kier alpha value is -1.91. The van der Waals surface area contributed by atoms with Crippen LogP contribution >= 0.6 is 0 Å². The number of hydrogen-bond donors (Lipinski definition) is 1. The summed E-state index contributed by atoms with van der Waals surface area (Å²) in [6.45, 7) is 5.28. The van der Waals surface area contributed by atoms with E-state index >= 15 is 0 Å². The van der Waals surface area contributed by atoms with Gasteiger partial charge in [-0.2, -0.15) is 5.10 Å². The minimum Gasteiger partial charge on any atom is -0.443 e. The fourth-order valence-electron chi connectivity index (χ4n) is 1.21. The predicted molar refractivity (Wildman–Crippen MR) is 68.0 cm³/mol. The standard InChI is InChI=1S/C13H17FN2O2/c1-13(2,3)18-12(17)16-15-9-8-10-6-4-5-7-11(10)14/h4-7,9H,8H2,1-3H3,(H,16,17). The van der Waals surface area contributed by atoms with E-state index in [1.807, 2.05) is 0 Å². The molecule has 1 N–H and O–H groups in total. The summed E-state index contributed by atoms with van der Waals surface area (Å²) >= 11 is 0. The molecule has 0 unspecified atom stereocenters. The van der Waals surface area contributed by atoms with Crippen LogP contribution in [0.5, 0.6) is 0 Å². The van der Waals surface area contributed by atoms with Crippen molar-refractivity contribution in [1.29, 1.82) is 0 Å². The number of nitrogens with zero attached hydrogens (tertiary/aromatic N) is 1. The Bertz CT molecular complexity index is 439. The van der Waals surface area contributed by atoms with E-state index in [9.17, 15) is 9.18 Å². The molecule has 4 nitrogen and oxygen atoms in total. The van der Waals surface area contributed by atoms with Gasteiger partial charge in [0.15, 0.2) is 0 Å². The van der Waals surface area contributed by atoms with Crippen molar-refractivity contribution in [2.45, 2.75) is 32.8 Å². The second kappa shape index (κ2) is 6.14. The highest BCUT2D eigenvalue weighted by Gasteiger charge is 2.15. The zero-order valence-electron chi connectivity index (χ0n) is 10.7. The summed E-state index contributed by atoms with van der Waals surface area (Å²) in [7, 11) is 0. The molecular weight excluding hydrogens is 235 g/mol. The van der Waals surface area contributed by atoms with E-state index < -0.39 is 11.7 Å². The minimum absolute atomic E-state index is 0.291. The molecule has 0 saturated carbocycles. The van der Waals surface area contributed by atoms with Crippen LogP contribution in [-0.4, -0.2) is 17.9 Å². The zero-order chi connectivity index (χ0) is 13.6. The highest BCUT2D eigenvalue weighted by atomic mass is 19.1. The van der Waals surface area contributed by atoms with Crippen molar-refractivity contribution in [1.82, 2.24) is 5.43 Å². The summed E-state index contributed by atoms with van der Waals surface area (Å²) < 4.78 is 18.2. The van der Waals surface area contributed by atoms with Crippen LogP contribution in [0, 0.1) is 5.82 Å². The summed E-state index contributed by atoms with van der Waals surface area (Å²) in [5.41, 5.74) is 2.17. The topological polar surface area (TPSA) is 50.7 Å². The van der Waals surface area contributed by atoms with Gasteiger partial charge in [-0.3, -0.25) is 0 Å². The van der Waals surface area contributed by atoms with Crippen molar-refractivity contribution >= 4 is 12.3 Å². The summed E-state index contributed by atoms with van der Waals surface area (Å²) in [6.07, 6.45) is 1.09. The molecule has 18 heavy (non-hydrogen) atoms. The molecule has 0 aromatic heterocycles. The van der Waals surface area contributed by atoms with Crippen LogP contribution in [0.25, 0.3) is 0 Å². The number of ether oxygens (including phenoxy) is 1. The van der Waals surface area contributed by atoms with Crippen LogP contribution in [0.4, 0.5) is 9.18 Å². The second-order valence-electron chi connectivity index (χ2n) is 4.72. The molecule has 0 bridgehead atoms. The normalized spacial score (nSPS) is 11.6. The van der Waals surface area contributed by atoms with Gasteiger partial charge in [-0.25, -0.2) is 14.6 Å². The molecule has 0 spiro atoms. The molecule has 0 atom stereocenters. The lowest BCUT2D eigenvalue weighted by atomic mass is 10.1. The van der Waals surface area contributed by atoms with E-state index in [2.05, 4.69) is 10.5 Å². The lowest BCUT2D eigenvalue weighted by molar-refractivity contribution is 0.0529. The molecule has 1 aromatic rings. The SMILES string of the molecule is CC(C)(C)OC(=O)NN=CCc1ccccc1F. The number of carbonyl (C=O) groups is 1. The third kappa shape index (κ3) is 5.43. The van der Waals surface area contributed by atoms with Gasteiger partial charge < -0.3 is 4.74 Å². The summed E-state index contributed by atoms with van der Waals surface area (Å²) in [5, 5.41) is 3.68. The maximum atomic E-state index is 13.2. The molecule has 0 saturated heterocycles.